The van der Waals surface area contributed by atoms with Gasteiger partial charge in [-0.2, -0.15) is 22.8 Å². The third kappa shape index (κ3) is 5.25. The summed E-state index contributed by atoms with van der Waals surface area (Å²) in [6, 6.07) is 17.7. The van der Waals surface area contributed by atoms with Crippen molar-refractivity contribution < 1.29 is 13.2 Å². The molecule has 0 fully saturated rings. The monoisotopic (exact) mass is 420 g/mol. The Morgan fingerprint density at radius 1 is 1.11 bits per heavy atom. The zero-order chi connectivity index (χ0) is 20.1. The van der Waals surface area contributed by atoms with E-state index in [1.165, 1.54) is 4.90 Å². The first-order chi connectivity index (χ1) is 13.4. The first kappa shape index (κ1) is 20.2. The van der Waals surface area contributed by atoms with Gasteiger partial charge in [0.25, 0.3) is 0 Å². The summed E-state index contributed by atoms with van der Waals surface area (Å²) in [5.41, 5.74) is 1.93. The second kappa shape index (κ2) is 8.65. The van der Waals surface area contributed by atoms with E-state index >= 15 is 0 Å². The molecular weight excluding hydrogens is 405 g/mol. The van der Waals surface area contributed by atoms with E-state index in [-0.39, 0.29) is 13.2 Å². The highest BCUT2D eigenvalue weighted by atomic mass is 32.2. The molecule has 0 amide bonds. The highest BCUT2D eigenvalue weighted by Gasteiger charge is 2.31. The number of hydrogen-bond donors (Lipinski definition) is 0. The molecule has 3 rings (SSSR count). The van der Waals surface area contributed by atoms with E-state index in [4.69, 9.17) is 17.5 Å². The van der Waals surface area contributed by atoms with E-state index in [9.17, 15) is 13.2 Å². The van der Waals surface area contributed by atoms with E-state index in [2.05, 4.69) is 4.37 Å². The van der Waals surface area contributed by atoms with Crippen molar-refractivity contribution in [1.82, 2.24) is 13.8 Å². The minimum atomic E-state index is -4.36. The first-order valence-corrected chi connectivity index (χ1v) is 9.44. The van der Waals surface area contributed by atoms with Gasteiger partial charge in [-0.05, 0) is 41.4 Å². The summed E-state index contributed by atoms with van der Waals surface area (Å²) in [7, 11) is 0. The van der Waals surface area contributed by atoms with Gasteiger partial charge in [0, 0.05) is 12.1 Å². The molecule has 0 spiro atoms. The summed E-state index contributed by atoms with van der Waals surface area (Å²) >= 11 is 6.39. The van der Waals surface area contributed by atoms with E-state index < -0.39 is 12.7 Å². The van der Waals surface area contributed by atoms with Crippen molar-refractivity contribution in [3.63, 3.8) is 0 Å². The Kier molecular flexibility index (Phi) is 6.24. The lowest BCUT2D eigenvalue weighted by Gasteiger charge is -2.24. The van der Waals surface area contributed by atoms with Crippen LogP contribution in [-0.2, 0) is 13.2 Å². The van der Waals surface area contributed by atoms with Crippen LogP contribution in [0.25, 0.3) is 11.4 Å². The van der Waals surface area contributed by atoms with Crippen LogP contribution in [-0.4, -0.2) is 26.6 Å². The molecule has 0 aliphatic carbocycles. The largest absolute Gasteiger partial charge is 0.401 e. The molecule has 0 saturated heterocycles. The van der Waals surface area contributed by atoms with Crippen molar-refractivity contribution in [2.45, 2.75) is 19.4 Å². The molecule has 28 heavy (non-hydrogen) atoms. The van der Waals surface area contributed by atoms with E-state index in [0.29, 0.717) is 20.9 Å². The van der Waals surface area contributed by atoms with Crippen molar-refractivity contribution in [3.05, 3.63) is 69.7 Å². The quantitative estimate of drug-likeness (QED) is 0.512. The average Bonchev–Trinajstić information content (AvgIpc) is 3.02. The van der Waals surface area contributed by atoms with Gasteiger partial charge in [-0.1, -0.05) is 42.5 Å². The number of rotatable bonds is 6. The predicted octanol–water partition coefficient (Wildman–Crippen LogP) is 5.23. The van der Waals surface area contributed by atoms with Crippen LogP contribution < -0.4 is 0 Å². The maximum absolute atomic E-state index is 13.1. The molecule has 3 aromatic rings. The number of aromatic nitrogens is 2. The van der Waals surface area contributed by atoms with E-state index in [1.807, 2.05) is 36.4 Å². The van der Waals surface area contributed by atoms with Crippen LogP contribution in [0.3, 0.4) is 0 Å². The third-order valence-corrected chi connectivity index (χ3v) is 5.04. The Morgan fingerprint density at radius 3 is 2.39 bits per heavy atom. The summed E-state index contributed by atoms with van der Waals surface area (Å²) in [5.74, 6) is 0.544. The van der Waals surface area contributed by atoms with Gasteiger partial charge < -0.3 is 0 Å². The number of nitriles is 1. The Balaban J connectivity index is 1.89. The molecule has 1 aromatic heterocycles. The smallest absolute Gasteiger partial charge is 0.293 e. The zero-order valence-corrected chi connectivity index (χ0v) is 16.2. The topological polar surface area (TPSA) is 44.9 Å². The summed E-state index contributed by atoms with van der Waals surface area (Å²) in [4.78, 5) is 1.26. The van der Waals surface area contributed by atoms with Crippen LogP contribution in [0.15, 0.2) is 54.6 Å². The molecule has 9 heteroatoms. The van der Waals surface area contributed by atoms with Crippen molar-refractivity contribution in [2.75, 3.05) is 6.54 Å². The predicted molar refractivity (Wildman–Crippen MR) is 104 cm³/mol. The van der Waals surface area contributed by atoms with Crippen molar-refractivity contribution in [3.8, 4) is 17.5 Å². The number of nitrogens with zero attached hydrogens (tertiary/aromatic N) is 4. The second-order valence-corrected chi connectivity index (χ2v) is 7.52. The van der Waals surface area contributed by atoms with Gasteiger partial charge in [-0.3, -0.25) is 9.47 Å². The lowest BCUT2D eigenvalue weighted by molar-refractivity contribution is -0.150. The van der Waals surface area contributed by atoms with Crippen molar-refractivity contribution in [2.24, 2.45) is 0 Å². The molecule has 0 aliphatic rings. The summed E-state index contributed by atoms with van der Waals surface area (Å²) in [6.45, 7) is -1.06. The number of benzene rings is 2. The van der Waals surface area contributed by atoms with Crippen LogP contribution in [0.5, 0.6) is 0 Å². The molecule has 0 unspecified atom stereocenters. The maximum Gasteiger partial charge on any atom is 0.401 e. The van der Waals surface area contributed by atoms with Crippen LogP contribution in [0, 0.1) is 15.3 Å². The fourth-order valence-electron chi connectivity index (χ4n) is 2.74. The summed E-state index contributed by atoms with van der Waals surface area (Å²) in [5, 5.41) is 8.87. The van der Waals surface area contributed by atoms with Gasteiger partial charge in [0.2, 0.25) is 0 Å². The lowest BCUT2D eigenvalue weighted by atomic mass is 10.1. The molecule has 0 aliphatic heterocycles. The summed E-state index contributed by atoms with van der Waals surface area (Å²) in [6.07, 6.45) is -4.36. The zero-order valence-electron chi connectivity index (χ0n) is 14.6. The highest BCUT2D eigenvalue weighted by molar-refractivity contribution is 7.73. The molecule has 0 saturated carbocycles. The van der Waals surface area contributed by atoms with Crippen LogP contribution in [0.4, 0.5) is 13.2 Å². The standard InChI is InChI=1S/C19H15F3N4S2/c20-19(21,22)12-25(11-15-8-6-14(10-23)7-9-15)13-26-17(24-28-18(26)27)16-4-2-1-3-5-16/h1-9H,11-13H2. The molecule has 144 valence electrons. The van der Waals surface area contributed by atoms with Crippen molar-refractivity contribution >= 4 is 23.8 Å². The molecule has 2 aromatic carbocycles. The molecule has 0 bridgehead atoms. The molecule has 1 heterocycles. The fraction of sp³-hybridized carbons (Fsp3) is 0.211. The van der Waals surface area contributed by atoms with E-state index in [0.717, 1.165) is 17.1 Å². The fourth-order valence-corrected chi connectivity index (χ4v) is 3.61. The van der Waals surface area contributed by atoms with Gasteiger partial charge >= 0.3 is 6.18 Å². The van der Waals surface area contributed by atoms with E-state index in [1.54, 1.807) is 28.8 Å². The molecule has 0 atom stereocenters. The van der Waals surface area contributed by atoms with Gasteiger partial charge in [-0.15, -0.1) is 0 Å². The lowest BCUT2D eigenvalue weighted by Crippen LogP contribution is -2.35. The van der Waals surface area contributed by atoms with Gasteiger partial charge in [-0.25, -0.2) is 0 Å². The highest BCUT2D eigenvalue weighted by Crippen LogP contribution is 2.23. The number of halogens is 3. The van der Waals surface area contributed by atoms with Crippen LogP contribution in [0.2, 0.25) is 0 Å². The second-order valence-electron chi connectivity index (χ2n) is 6.12. The molecule has 0 N–H and O–H groups in total. The number of alkyl halides is 3. The normalized spacial score (nSPS) is 11.5. The van der Waals surface area contributed by atoms with Crippen LogP contribution in [0.1, 0.15) is 11.1 Å². The minimum absolute atomic E-state index is 0.0426. The molecule has 0 radical (unpaired) electrons. The average molecular weight is 420 g/mol. The Labute approximate surface area is 169 Å². The maximum atomic E-state index is 13.1. The Morgan fingerprint density at radius 2 is 1.79 bits per heavy atom. The summed E-state index contributed by atoms with van der Waals surface area (Å²) < 4.78 is 45.8. The van der Waals surface area contributed by atoms with Crippen molar-refractivity contribution in [1.29, 1.82) is 5.26 Å². The van der Waals surface area contributed by atoms with Gasteiger partial charge in [0.15, 0.2) is 9.78 Å². The van der Waals surface area contributed by atoms with Crippen LogP contribution >= 0.6 is 23.8 Å². The molecule has 4 nitrogen and oxygen atoms in total. The number of hydrogen-bond acceptors (Lipinski definition) is 5. The SMILES string of the molecule is N#Cc1ccc(CN(Cn2c(-c3ccccc3)nsc2=S)CC(F)(F)F)cc1. The first-order valence-electron chi connectivity index (χ1n) is 8.26. The van der Waals surface area contributed by atoms with Gasteiger partial charge in [0.1, 0.15) is 0 Å². The molecular formula is C19H15F3N4S2. The third-order valence-electron chi connectivity index (χ3n) is 3.95. The Hall–Kier alpha value is -2.54. The minimum Gasteiger partial charge on any atom is -0.293 e. The Bertz CT molecular complexity index is 1020. The van der Waals surface area contributed by atoms with Gasteiger partial charge in [0.05, 0.1) is 24.8 Å².